The highest BCUT2D eigenvalue weighted by atomic mass is 79.9. The van der Waals surface area contributed by atoms with Crippen molar-refractivity contribution in [3.8, 4) is 5.75 Å². The van der Waals surface area contributed by atoms with Gasteiger partial charge in [-0.2, -0.15) is 0 Å². The summed E-state index contributed by atoms with van der Waals surface area (Å²) in [5.74, 6) is 0.0575. The number of benzene rings is 2. The van der Waals surface area contributed by atoms with Crippen LogP contribution in [0.3, 0.4) is 0 Å². The lowest BCUT2D eigenvalue weighted by atomic mass is 10.1. The van der Waals surface area contributed by atoms with Crippen LogP contribution in [0, 0.1) is 0 Å². The van der Waals surface area contributed by atoms with Gasteiger partial charge in [0, 0.05) is 11.6 Å². The van der Waals surface area contributed by atoms with Crippen molar-refractivity contribution < 1.29 is 14.3 Å². The maximum absolute atomic E-state index is 11.9. The van der Waals surface area contributed by atoms with Crippen LogP contribution in [0.4, 0.5) is 0 Å². The first-order valence-electron chi connectivity index (χ1n) is 7.72. The summed E-state index contributed by atoms with van der Waals surface area (Å²) < 4.78 is 6.05. The van der Waals surface area contributed by atoms with Gasteiger partial charge >= 0.3 is 0 Å². The molecule has 2 aromatic carbocycles. The van der Waals surface area contributed by atoms with Crippen LogP contribution in [0.25, 0.3) is 0 Å². The highest BCUT2D eigenvalue weighted by molar-refractivity contribution is 9.10. The van der Waals surface area contributed by atoms with Gasteiger partial charge in [-0.25, -0.2) is 0 Å². The summed E-state index contributed by atoms with van der Waals surface area (Å²) in [4.78, 5) is 23.7. The summed E-state index contributed by atoms with van der Waals surface area (Å²) in [5.41, 5.74) is 6.26. The Kier molecular flexibility index (Phi) is 6.97. The van der Waals surface area contributed by atoms with Crippen LogP contribution in [0.1, 0.15) is 28.9 Å². The summed E-state index contributed by atoms with van der Waals surface area (Å²) >= 11 is 3.44. The summed E-state index contributed by atoms with van der Waals surface area (Å²) in [5, 5.41) is 3.10. The summed E-state index contributed by atoms with van der Waals surface area (Å²) in [6.45, 7) is 2.02. The Hall–Kier alpha value is -2.38. The SMILES string of the molecule is COc1ccc([C@@H](C)NCC(=O)NNC(=O)c2ccccc2)cc1Br. The lowest BCUT2D eigenvalue weighted by Gasteiger charge is -2.15. The highest BCUT2D eigenvalue weighted by Crippen LogP contribution is 2.27. The van der Waals surface area contributed by atoms with E-state index in [4.69, 9.17) is 4.74 Å². The van der Waals surface area contributed by atoms with Crippen LogP contribution >= 0.6 is 15.9 Å². The van der Waals surface area contributed by atoms with Gasteiger partial charge < -0.3 is 10.1 Å². The van der Waals surface area contributed by atoms with Crippen molar-refractivity contribution in [3.63, 3.8) is 0 Å². The molecule has 2 amide bonds. The van der Waals surface area contributed by atoms with Crippen LogP contribution in [0.15, 0.2) is 53.0 Å². The molecule has 0 heterocycles. The molecule has 0 unspecified atom stereocenters. The molecule has 0 aliphatic rings. The number of hydrogen-bond acceptors (Lipinski definition) is 4. The van der Waals surface area contributed by atoms with Crippen molar-refractivity contribution in [3.05, 3.63) is 64.1 Å². The molecule has 0 fully saturated rings. The maximum Gasteiger partial charge on any atom is 0.269 e. The maximum atomic E-state index is 11.9. The normalized spacial score (nSPS) is 11.5. The number of amides is 2. The fourth-order valence-corrected chi connectivity index (χ4v) is 2.71. The van der Waals surface area contributed by atoms with E-state index in [2.05, 4.69) is 32.1 Å². The zero-order valence-electron chi connectivity index (χ0n) is 14.0. The molecular weight excluding hydrogens is 386 g/mol. The number of nitrogens with one attached hydrogen (secondary N) is 3. The average Bonchev–Trinajstić information content (AvgIpc) is 2.64. The molecule has 25 heavy (non-hydrogen) atoms. The van der Waals surface area contributed by atoms with Gasteiger partial charge in [-0.1, -0.05) is 24.3 Å². The highest BCUT2D eigenvalue weighted by Gasteiger charge is 2.11. The zero-order valence-corrected chi connectivity index (χ0v) is 15.6. The monoisotopic (exact) mass is 405 g/mol. The minimum absolute atomic E-state index is 0.0437. The lowest BCUT2D eigenvalue weighted by Crippen LogP contribution is -2.45. The molecule has 3 N–H and O–H groups in total. The van der Waals surface area contributed by atoms with Crippen LogP contribution in [-0.2, 0) is 4.79 Å². The Morgan fingerprint density at radius 3 is 2.48 bits per heavy atom. The first kappa shape index (κ1) is 19.0. The fourth-order valence-electron chi connectivity index (χ4n) is 2.15. The number of carbonyl (C=O) groups excluding carboxylic acids is 2. The van der Waals surface area contributed by atoms with Gasteiger partial charge in [0.05, 0.1) is 18.1 Å². The molecule has 0 saturated heterocycles. The first-order chi connectivity index (χ1) is 12.0. The molecule has 7 heteroatoms. The minimum atomic E-state index is -0.360. The molecule has 132 valence electrons. The number of hydrogen-bond donors (Lipinski definition) is 3. The van der Waals surface area contributed by atoms with Crippen molar-refractivity contribution in [1.82, 2.24) is 16.2 Å². The van der Waals surface area contributed by atoms with E-state index >= 15 is 0 Å². The van der Waals surface area contributed by atoms with Gasteiger partial charge in [0.25, 0.3) is 11.8 Å². The second-order valence-corrected chi connectivity index (χ2v) is 6.22. The predicted octanol–water partition coefficient (Wildman–Crippen LogP) is 2.57. The zero-order chi connectivity index (χ0) is 18.2. The quantitative estimate of drug-likeness (QED) is 0.645. The third-order valence-corrected chi connectivity index (χ3v) is 4.22. The fraction of sp³-hybridized carbons (Fsp3) is 0.222. The number of halogens is 1. The van der Waals surface area contributed by atoms with E-state index in [1.807, 2.05) is 31.2 Å². The van der Waals surface area contributed by atoms with Gasteiger partial charge in [0.2, 0.25) is 0 Å². The summed E-state index contributed by atoms with van der Waals surface area (Å²) in [7, 11) is 1.61. The Morgan fingerprint density at radius 2 is 1.84 bits per heavy atom. The van der Waals surface area contributed by atoms with E-state index in [0.717, 1.165) is 15.8 Å². The van der Waals surface area contributed by atoms with E-state index in [1.165, 1.54) is 0 Å². The Balaban J connectivity index is 1.79. The van der Waals surface area contributed by atoms with Gasteiger partial charge in [-0.15, -0.1) is 0 Å². The molecule has 2 rings (SSSR count). The molecule has 0 aliphatic heterocycles. The first-order valence-corrected chi connectivity index (χ1v) is 8.51. The van der Waals surface area contributed by atoms with Gasteiger partial charge in [-0.3, -0.25) is 20.4 Å². The van der Waals surface area contributed by atoms with Crippen molar-refractivity contribution in [1.29, 1.82) is 0 Å². The van der Waals surface area contributed by atoms with Gasteiger partial charge in [-0.05, 0) is 52.7 Å². The van der Waals surface area contributed by atoms with E-state index in [1.54, 1.807) is 31.4 Å². The van der Waals surface area contributed by atoms with E-state index in [-0.39, 0.29) is 24.4 Å². The number of ether oxygens (including phenoxy) is 1. The average molecular weight is 406 g/mol. The molecular formula is C18H20BrN3O3. The topological polar surface area (TPSA) is 79.5 Å². The van der Waals surface area contributed by atoms with Gasteiger partial charge in [0.1, 0.15) is 5.75 Å². The van der Waals surface area contributed by atoms with Crippen molar-refractivity contribution >= 4 is 27.7 Å². The molecule has 0 aromatic heterocycles. The lowest BCUT2D eigenvalue weighted by molar-refractivity contribution is -0.121. The second-order valence-electron chi connectivity index (χ2n) is 5.36. The molecule has 0 aliphatic carbocycles. The molecule has 0 saturated carbocycles. The van der Waals surface area contributed by atoms with Crippen LogP contribution in [-0.4, -0.2) is 25.5 Å². The Morgan fingerprint density at radius 1 is 1.12 bits per heavy atom. The van der Waals surface area contributed by atoms with Crippen LogP contribution < -0.4 is 20.9 Å². The number of rotatable bonds is 6. The minimum Gasteiger partial charge on any atom is -0.496 e. The molecule has 0 radical (unpaired) electrons. The molecule has 0 spiro atoms. The van der Waals surface area contributed by atoms with Crippen LogP contribution in [0.5, 0.6) is 5.75 Å². The number of carbonyl (C=O) groups is 2. The van der Waals surface area contributed by atoms with Crippen molar-refractivity contribution in [2.75, 3.05) is 13.7 Å². The van der Waals surface area contributed by atoms with E-state index < -0.39 is 0 Å². The largest absolute Gasteiger partial charge is 0.496 e. The molecule has 6 nitrogen and oxygen atoms in total. The Labute approximate surface area is 155 Å². The third kappa shape index (κ3) is 5.58. The predicted molar refractivity (Wildman–Crippen MR) is 99.2 cm³/mol. The van der Waals surface area contributed by atoms with Crippen LogP contribution in [0.2, 0.25) is 0 Å². The standard InChI is InChI=1S/C18H20BrN3O3/c1-12(14-8-9-16(25-2)15(19)10-14)20-11-17(23)21-22-18(24)13-6-4-3-5-7-13/h3-10,12,20H,11H2,1-2H3,(H,21,23)(H,22,24)/t12-/m1/s1. The smallest absolute Gasteiger partial charge is 0.269 e. The van der Waals surface area contributed by atoms with Gasteiger partial charge in [0.15, 0.2) is 0 Å². The Bertz CT molecular complexity index is 738. The second kappa shape index (κ2) is 9.19. The van der Waals surface area contributed by atoms with E-state index in [9.17, 15) is 9.59 Å². The molecule has 2 aromatic rings. The number of hydrazine groups is 1. The third-order valence-electron chi connectivity index (χ3n) is 3.60. The van der Waals surface area contributed by atoms with Crippen molar-refractivity contribution in [2.24, 2.45) is 0 Å². The van der Waals surface area contributed by atoms with E-state index in [0.29, 0.717) is 5.56 Å². The van der Waals surface area contributed by atoms with Crippen molar-refractivity contribution in [2.45, 2.75) is 13.0 Å². The molecule has 1 atom stereocenters. The molecule has 0 bridgehead atoms. The summed E-state index contributed by atoms with van der Waals surface area (Å²) in [6, 6.07) is 14.3. The number of methoxy groups -OCH3 is 1. The summed E-state index contributed by atoms with van der Waals surface area (Å²) in [6.07, 6.45) is 0.